The number of alkyl halides is 3. The Labute approximate surface area is 165 Å². The molecule has 1 aliphatic heterocycles. The van der Waals surface area contributed by atoms with E-state index in [2.05, 4.69) is 0 Å². The Kier molecular flexibility index (Phi) is 5.95. The molecule has 1 N–H and O–H groups in total. The minimum atomic E-state index is -4.41. The molecule has 6 nitrogen and oxygen atoms in total. The van der Waals surface area contributed by atoms with E-state index < -0.39 is 17.7 Å². The number of nitrogens with zero attached hydrogens (tertiary/aromatic N) is 2. The summed E-state index contributed by atoms with van der Waals surface area (Å²) in [4.78, 5) is 26.9. The lowest BCUT2D eigenvalue weighted by Crippen LogP contribution is -2.50. The maximum absolute atomic E-state index is 12.6. The third-order valence-corrected chi connectivity index (χ3v) is 4.66. The minimum absolute atomic E-state index is 0.198. The van der Waals surface area contributed by atoms with E-state index in [1.54, 1.807) is 17.0 Å². The first kappa shape index (κ1) is 20.5. The summed E-state index contributed by atoms with van der Waals surface area (Å²) in [7, 11) is 0. The van der Waals surface area contributed by atoms with Crippen LogP contribution in [0.4, 0.5) is 18.9 Å². The third kappa shape index (κ3) is 5.18. The van der Waals surface area contributed by atoms with Crippen molar-refractivity contribution in [2.24, 2.45) is 0 Å². The van der Waals surface area contributed by atoms with Gasteiger partial charge in [-0.1, -0.05) is 0 Å². The number of rotatable bonds is 5. The van der Waals surface area contributed by atoms with E-state index >= 15 is 0 Å². The summed E-state index contributed by atoms with van der Waals surface area (Å²) in [6.07, 6.45) is -4.41. The van der Waals surface area contributed by atoms with Gasteiger partial charge in [-0.05, 0) is 48.5 Å². The first-order chi connectivity index (χ1) is 13.7. The highest BCUT2D eigenvalue weighted by atomic mass is 19.4. The van der Waals surface area contributed by atoms with Crippen molar-refractivity contribution in [1.29, 1.82) is 0 Å². The maximum atomic E-state index is 12.6. The number of hydrogen-bond donors (Lipinski definition) is 1. The normalized spacial score (nSPS) is 14.6. The largest absolute Gasteiger partial charge is 0.484 e. The van der Waals surface area contributed by atoms with Crippen molar-refractivity contribution >= 4 is 17.6 Å². The molecule has 1 saturated heterocycles. The van der Waals surface area contributed by atoms with Gasteiger partial charge in [0.2, 0.25) is 0 Å². The molecule has 1 amide bonds. The number of piperazine rings is 1. The number of halogens is 3. The van der Waals surface area contributed by atoms with Crippen molar-refractivity contribution in [3.8, 4) is 5.75 Å². The Morgan fingerprint density at radius 2 is 1.52 bits per heavy atom. The van der Waals surface area contributed by atoms with Crippen molar-refractivity contribution in [2.75, 3.05) is 37.7 Å². The molecule has 0 saturated carbocycles. The predicted octanol–water partition coefficient (Wildman–Crippen LogP) is 3.13. The number of benzene rings is 2. The lowest BCUT2D eigenvalue weighted by Gasteiger charge is -2.36. The fourth-order valence-electron chi connectivity index (χ4n) is 3.01. The molecule has 1 aliphatic rings. The molecule has 2 aromatic rings. The van der Waals surface area contributed by atoms with Crippen LogP contribution in [-0.4, -0.2) is 54.7 Å². The Balaban J connectivity index is 1.48. The van der Waals surface area contributed by atoms with E-state index in [-0.39, 0.29) is 23.8 Å². The number of anilines is 1. The maximum Gasteiger partial charge on any atom is 0.416 e. The summed E-state index contributed by atoms with van der Waals surface area (Å²) in [5, 5.41) is 8.94. The van der Waals surface area contributed by atoms with Gasteiger partial charge >= 0.3 is 12.1 Å². The fraction of sp³-hybridized carbons (Fsp3) is 0.300. The van der Waals surface area contributed by atoms with Crippen molar-refractivity contribution < 1.29 is 32.6 Å². The van der Waals surface area contributed by atoms with Crippen LogP contribution in [0.5, 0.6) is 5.75 Å². The molecule has 0 radical (unpaired) electrons. The summed E-state index contributed by atoms with van der Waals surface area (Å²) >= 11 is 0. The van der Waals surface area contributed by atoms with Gasteiger partial charge in [-0.3, -0.25) is 4.79 Å². The number of amides is 1. The molecular weight excluding hydrogens is 389 g/mol. The Morgan fingerprint density at radius 3 is 2.03 bits per heavy atom. The Bertz CT molecular complexity index is 859. The van der Waals surface area contributed by atoms with Crippen LogP contribution in [-0.2, 0) is 11.0 Å². The third-order valence-electron chi connectivity index (χ3n) is 4.66. The van der Waals surface area contributed by atoms with Crippen molar-refractivity contribution in [3.05, 3.63) is 59.7 Å². The summed E-state index contributed by atoms with van der Waals surface area (Å²) in [5.41, 5.74) is 0.315. The molecule has 0 aromatic heterocycles. The molecule has 1 fully saturated rings. The molecule has 3 rings (SSSR count). The predicted molar refractivity (Wildman–Crippen MR) is 99.1 cm³/mol. The number of hydrogen-bond acceptors (Lipinski definition) is 4. The fourth-order valence-corrected chi connectivity index (χ4v) is 3.01. The quantitative estimate of drug-likeness (QED) is 0.823. The number of carbonyl (C=O) groups is 2. The van der Waals surface area contributed by atoms with Gasteiger partial charge in [0.25, 0.3) is 5.91 Å². The molecule has 29 heavy (non-hydrogen) atoms. The lowest BCUT2D eigenvalue weighted by molar-refractivity contribution is -0.137. The second-order valence-corrected chi connectivity index (χ2v) is 6.53. The van der Waals surface area contributed by atoms with Gasteiger partial charge in [0.05, 0.1) is 11.1 Å². The lowest BCUT2D eigenvalue weighted by atomic mass is 10.2. The van der Waals surface area contributed by atoms with Gasteiger partial charge < -0.3 is 19.6 Å². The number of carbonyl (C=O) groups excluding carboxylic acids is 1. The van der Waals surface area contributed by atoms with Gasteiger partial charge in [0.15, 0.2) is 6.61 Å². The molecule has 0 aliphatic carbocycles. The average molecular weight is 408 g/mol. The SMILES string of the molecule is O=C(O)c1ccc(N2CCN(C(=O)COc3ccc(C(F)(F)F)cc3)CC2)cc1. The molecule has 2 aromatic carbocycles. The highest BCUT2D eigenvalue weighted by molar-refractivity contribution is 5.88. The summed E-state index contributed by atoms with van der Waals surface area (Å²) < 4.78 is 43.0. The first-order valence-corrected chi connectivity index (χ1v) is 8.90. The number of carboxylic acid groups (broad SMARTS) is 1. The van der Waals surface area contributed by atoms with Crippen LogP contribution in [0, 0.1) is 0 Å². The van der Waals surface area contributed by atoms with Crippen LogP contribution in [0.1, 0.15) is 15.9 Å². The van der Waals surface area contributed by atoms with E-state index in [9.17, 15) is 22.8 Å². The van der Waals surface area contributed by atoms with E-state index in [0.717, 1.165) is 17.8 Å². The topological polar surface area (TPSA) is 70.1 Å². The van der Waals surface area contributed by atoms with Gasteiger partial charge in [-0.15, -0.1) is 0 Å². The second-order valence-electron chi connectivity index (χ2n) is 6.53. The minimum Gasteiger partial charge on any atom is -0.484 e. The zero-order valence-corrected chi connectivity index (χ0v) is 15.4. The van der Waals surface area contributed by atoms with Gasteiger partial charge in [0, 0.05) is 31.9 Å². The van der Waals surface area contributed by atoms with Crippen molar-refractivity contribution in [1.82, 2.24) is 4.90 Å². The molecule has 0 unspecified atom stereocenters. The summed E-state index contributed by atoms with van der Waals surface area (Å²) in [6, 6.07) is 10.7. The molecule has 9 heteroatoms. The molecule has 0 bridgehead atoms. The first-order valence-electron chi connectivity index (χ1n) is 8.90. The second kappa shape index (κ2) is 8.42. The molecule has 154 valence electrons. The highest BCUT2D eigenvalue weighted by Crippen LogP contribution is 2.30. The smallest absolute Gasteiger partial charge is 0.416 e. The van der Waals surface area contributed by atoms with Crippen LogP contribution in [0.25, 0.3) is 0 Å². The van der Waals surface area contributed by atoms with Gasteiger partial charge in [-0.25, -0.2) is 4.79 Å². The van der Waals surface area contributed by atoms with E-state index in [1.807, 2.05) is 4.90 Å². The summed E-state index contributed by atoms with van der Waals surface area (Å²) in [5.74, 6) is -1.03. The van der Waals surface area contributed by atoms with Crippen LogP contribution >= 0.6 is 0 Å². The van der Waals surface area contributed by atoms with E-state index in [4.69, 9.17) is 9.84 Å². The molecular formula is C20H19F3N2O4. The zero-order valence-electron chi connectivity index (χ0n) is 15.4. The average Bonchev–Trinajstić information content (AvgIpc) is 2.72. The molecule has 1 heterocycles. The van der Waals surface area contributed by atoms with Crippen LogP contribution in [0.2, 0.25) is 0 Å². The molecule has 0 spiro atoms. The number of aromatic carboxylic acids is 1. The van der Waals surface area contributed by atoms with Crippen molar-refractivity contribution in [3.63, 3.8) is 0 Å². The monoisotopic (exact) mass is 408 g/mol. The van der Waals surface area contributed by atoms with Crippen LogP contribution < -0.4 is 9.64 Å². The number of carboxylic acids is 1. The Hall–Kier alpha value is -3.23. The number of ether oxygens (including phenoxy) is 1. The highest BCUT2D eigenvalue weighted by Gasteiger charge is 2.30. The zero-order chi connectivity index (χ0) is 21.0. The van der Waals surface area contributed by atoms with E-state index in [0.29, 0.717) is 26.2 Å². The molecule has 0 atom stereocenters. The van der Waals surface area contributed by atoms with E-state index in [1.165, 1.54) is 24.3 Å². The van der Waals surface area contributed by atoms with Crippen molar-refractivity contribution in [2.45, 2.75) is 6.18 Å². The Morgan fingerprint density at radius 1 is 0.931 bits per heavy atom. The van der Waals surface area contributed by atoms with Gasteiger partial charge in [0.1, 0.15) is 5.75 Å². The van der Waals surface area contributed by atoms with Crippen LogP contribution in [0.3, 0.4) is 0 Å². The van der Waals surface area contributed by atoms with Crippen LogP contribution in [0.15, 0.2) is 48.5 Å². The van der Waals surface area contributed by atoms with Gasteiger partial charge in [-0.2, -0.15) is 13.2 Å². The summed E-state index contributed by atoms with van der Waals surface area (Å²) in [6.45, 7) is 1.85. The standard InChI is InChI=1S/C20H19F3N2O4/c21-20(22,23)15-3-7-17(8-4-15)29-13-18(26)25-11-9-24(10-12-25)16-5-1-14(2-6-16)19(27)28/h1-8H,9-13H2,(H,27,28).